The molecule has 0 bridgehead atoms. The third kappa shape index (κ3) is 5.72. The summed E-state index contributed by atoms with van der Waals surface area (Å²) in [6.45, 7) is 0. The fourth-order valence-corrected chi connectivity index (χ4v) is 3.65. The maximum absolute atomic E-state index is 11.9. The van der Waals surface area contributed by atoms with Crippen LogP contribution in [0.25, 0.3) is 0 Å². The predicted octanol–water partition coefficient (Wildman–Crippen LogP) is 0.785. The van der Waals surface area contributed by atoms with Crippen LogP contribution in [0.4, 0.5) is 5.69 Å². The molecule has 9 heteroatoms. The second-order valence-corrected chi connectivity index (χ2v) is 8.19. The van der Waals surface area contributed by atoms with Crippen LogP contribution in [-0.2, 0) is 29.4 Å². The molecule has 118 valence electrons. The zero-order valence-corrected chi connectivity index (χ0v) is 13.3. The molecule has 0 aliphatic carbocycles. The van der Waals surface area contributed by atoms with Crippen molar-refractivity contribution in [3.63, 3.8) is 0 Å². The van der Waals surface area contributed by atoms with Crippen molar-refractivity contribution in [1.29, 1.82) is 0 Å². The number of rotatable bonds is 7. The van der Waals surface area contributed by atoms with Gasteiger partial charge in [0.2, 0.25) is 10.0 Å². The molecule has 1 rings (SSSR count). The van der Waals surface area contributed by atoms with E-state index in [2.05, 4.69) is 9.46 Å². The van der Waals surface area contributed by atoms with Crippen LogP contribution < -0.4 is 4.72 Å². The maximum atomic E-state index is 11.9. The molecule has 0 aliphatic rings. The second kappa shape index (κ2) is 6.90. The van der Waals surface area contributed by atoms with E-state index in [1.54, 1.807) is 0 Å². The molecule has 7 nitrogen and oxygen atoms in total. The molecule has 21 heavy (non-hydrogen) atoms. The van der Waals surface area contributed by atoms with Gasteiger partial charge >= 0.3 is 5.97 Å². The number of anilines is 1. The van der Waals surface area contributed by atoms with Crippen LogP contribution in [0.5, 0.6) is 0 Å². The molecule has 0 aliphatic heterocycles. The van der Waals surface area contributed by atoms with Gasteiger partial charge in [-0.15, -0.1) is 0 Å². The van der Waals surface area contributed by atoms with Gasteiger partial charge in [-0.25, -0.2) is 16.8 Å². The summed E-state index contributed by atoms with van der Waals surface area (Å²) in [5, 5.41) is 0. The number of benzene rings is 1. The summed E-state index contributed by atoms with van der Waals surface area (Å²) < 4.78 is 53.6. The highest BCUT2D eigenvalue weighted by Crippen LogP contribution is 2.21. The van der Waals surface area contributed by atoms with Gasteiger partial charge in [0.1, 0.15) is 0 Å². The zero-order chi connectivity index (χ0) is 16.1. The lowest BCUT2D eigenvalue weighted by Gasteiger charge is -2.11. The van der Waals surface area contributed by atoms with E-state index in [1.165, 1.54) is 31.4 Å². The van der Waals surface area contributed by atoms with Crippen molar-refractivity contribution in [2.24, 2.45) is 0 Å². The van der Waals surface area contributed by atoms with E-state index in [4.69, 9.17) is 0 Å². The molecule has 1 aromatic rings. The Morgan fingerprint density at radius 3 is 2.38 bits per heavy atom. The first kappa shape index (κ1) is 17.4. The van der Waals surface area contributed by atoms with Crippen LogP contribution in [0.2, 0.25) is 0 Å². The molecule has 1 N–H and O–H groups in total. The van der Waals surface area contributed by atoms with E-state index in [0.29, 0.717) is 0 Å². The van der Waals surface area contributed by atoms with Gasteiger partial charge in [-0.05, 0) is 18.6 Å². The lowest BCUT2D eigenvalue weighted by Crippen LogP contribution is -2.19. The van der Waals surface area contributed by atoms with Crippen LogP contribution in [0.3, 0.4) is 0 Å². The molecular formula is C12H17NO6S2. The van der Waals surface area contributed by atoms with E-state index in [9.17, 15) is 21.6 Å². The summed E-state index contributed by atoms with van der Waals surface area (Å²) in [5.41, 5.74) is -0.00179. The summed E-state index contributed by atoms with van der Waals surface area (Å²) in [6.07, 6.45) is 1.06. The van der Waals surface area contributed by atoms with Gasteiger partial charge in [0.15, 0.2) is 9.84 Å². The lowest BCUT2D eigenvalue weighted by molar-refractivity contribution is -0.140. The molecule has 0 amide bonds. The van der Waals surface area contributed by atoms with Crippen molar-refractivity contribution in [3.05, 3.63) is 24.3 Å². The fourth-order valence-electron chi connectivity index (χ4n) is 1.60. The Morgan fingerprint density at radius 2 is 1.81 bits per heavy atom. The van der Waals surface area contributed by atoms with Crippen molar-refractivity contribution < 1.29 is 26.4 Å². The summed E-state index contributed by atoms with van der Waals surface area (Å²) in [4.78, 5) is 10.8. The molecule has 0 atom stereocenters. The lowest BCUT2D eigenvalue weighted by atomic mass is 10.3. The van der Waals surface area contributed by atoms with Crippen LogP contribution in [0.15, 0.2) is 29.2 Å². The maximum Gasteiger partial charge on any atom is 0.305 e. The molecule has 0 spiro atoms. The summed E-state index contributed by atoms with van der Waals surface area (Å²) in [7, 11) is -6.07. The first-order valence-electron chi connectivity index (χ1n) is 6.02. The molecule has 0 fully saturated rings. The molecule has 0 heterocycles. The number of hydrogen-bond donors (Lipinski definition) is 1. The van der Waals surface area contributed by atoms with E-state index in [-0.39, 0.29) is 29.2 Å². The topological polar surface area (TPSA) is 107 Å². The average Bonchev–Trinajstić information content (AvgIpc) is 2.37. The molecule has 0 saturated heterocycles. The minimum atomic E-state index is -3.74. The van der Waals surface area contributed by atoms with Gasteiger partial charge in [0.05, 0.1) is 23.4 Å². The van der Waals surface area contributed by atoms with Crippen LogP contribution >= 0.6 is 0 Å². The second-order valence-electron chi connectivity index (χ2n) is 4.37. The Hall–Kier alpha value is -1.61. The summed E-state index contributed by atoms with van der Waals surface area (Å²) in [6, 6.07) is 5.72. The number of para-hydroxylation sites is 1. The molecule has 0 saturated carbocycles. The Labute approximate surface area is 124 Å². The van der Waals surface area contributed by atoms with Gasteiger partial charge in [-0.2, -0.15) is 0 Å². The predicted molar refractivity (Wildman–Crippen MR) is 78.2 cm³/mol. The van der Waals surface area contributed by atoms with Crippen molar-refractivity contribution in [2.75, 3.05) is 23.8 Å². The third-order valence-electron chi connectivity index (χ3n) is 2.57. The molecule has 0 aromatic heterocycles. The van der Waals surface area contributed by atoms with E-state index < -0.39 is 25.8 Å². The van der Waals surface area contributed by atoms with E-state index in [0.717, 1.165) is 6.26 Å². The Balaban J connectivity index is 2.84. The van der Waals surface area contributed by atoms with Crippen molar-refractivity contribution in [1.82, 2.24) is 0 Å². The Kier molecular flexibility index (Phi) is 5.73. The normalized spacial score (nSPS) is 11.9. The number of nitrogens with one attached hydrogen (secondary N) is 1. The summed E-state index contributed by atoms with van der Waals surface area (Å²) in [5.74, 6) is -0.804. The van der Waals surface area contributed by atoms with Crippen LogP contribution in [-0.4, -0.2) is 41.9 Å². The highest BCUT2D eigenvalue weighted by atomic mass is 32.2. The SMILES string of the molecule is COC(=O)CCCS(=O)(=O)Nc1ccccc1S(C)(=O)=O. The van der Waals surface area contributed by atoms with Gasteiger partial charge in [-0.1, -0.05) is 12.1 Å². The van der Waals surface area contributed by atoms with Gasteiger partial charge in [-0.3, -0.25) is 9.52 Å². The van der Waals surface area contributed by atoms with Gasteiger partial charge < -0.3 is 4.74 Å². The minimum absolute atomic E-state index is 0.00179. The van der Waals surface area contributed by atoms with Gasteiger partial charge in [0, 0.05) is 12.7 Å². The Morgan fingerprint density at radius 1 is 1.19 bits per heavy atom. The smallest absolute Gasteiger partial charge is 0.305 e. The molecule has 0 radical (unpaired) electrons. The third-order valence-corrected chi connectivity index (χ3v) is 5.09. The van der Waals surface area contributed by atoms with Crippen LogP contribution in [0, 0.1) is 0 Å². The number of ether oxygens (including phenoxy) is 1. The number of carbonyl (C=O) groups excluding carboxylic acids is 1. The number of hydrogen-bond acceptors (Lipinski definition) is 6. The van der Waals surface area contributed by atoms with Crippen molar-refractivity contribution >= 4 is 31.5 Å². The quantitative estimate of drug-likeness (QED) is 0.738. The highest BCUT2D eigenvalue weighted by Gasteiger charge is 2.18. The minimum Gasteiger partial charge on any atom is -0.469 e. The highest BCUT2D eigenvalue weighted by molar-refractivity contribution is 7.93. The fraction of sp³-hybridized carbons (Fsp3) is 0.417. The number of sulfone groups is 1. The summed E-state index contributed by atoms with van der Waals surface area (Å²) >= 11 is 0. The number of sulfonamides is 1. The first-order valence-corrected chi connectivity index (χ1v) is 9.56. The molecule has 0 unspecified atom stereocenters. The average molecular weight is 335 g/mol. The monoisotopic (exact) mass is 335 g/mol. The first-order chi connectivity index (χ1) is 9.65. The van der Waals surface area contributed by atoms with E-state index >= 15 is 0 Å². The van der Waals surface area contributed by atoms with Gasteiger partial charge in [0.25, 0.3) is 0 Å². The number of methoxy groups -OCH3 is 1. The zero-order valence-electron chi connectivity index (χ0n) is 11.7. The molecular weight excluding hydrogens is 318 g/mol. The van der Waals surface area contributed by atoms with Crippen molar-refractivity contribution in [3.8, 4) is 0 Å². The van der Waals surface area contributed by atoms with E-state index in [1.807, 2.05) is 0 Å². The molecule has 1 aromatic carbocycles. The van der Waals surface area contributed by atoms with Crippen LogP contribution in [0.1, 0.15) is 12.8 Å². The largest absolute Gasteiger partial charge is 0.469 e. The number of carbonyl (C=O) groups is 1. The number of esters is 1. The Bertz CT molecular complexity index is 709. The standard InChI is InChI=1S/C12H17NO6S2/c1-19-12(14)8-5-9-21(17,18)13-10-6-3-4-7-11(10)20(2,15)16/h3-4,6-7,13H,5,8-9H2,1-2H3. The van der Waals surface area contributed by atoms with Crippen molar-refractivity contribution in [2.45, 2.75) is 17.7 Å².